The normalized spacial score (nSPS) is 14.1. The van der Waals surface area contributed by atoms with Crippen LogP contribution in [0.3, 0.4) is 0 Å². The fourth-order valence-electron chi connectivity index (χ4n) is 10.3. The predicted molar refractivity (Wildman–Crippen MR) is 349 cm³/mol. The van der Waals surface area contributed by atoms with Gasteiger partial charge in [-0.25, -0.2) is 9.13 Å². The van der Waals surface area contributed by atoms with Crippen molar-refractivity contribution in [3.8, 4) is 0 Å². The second kappa shape index (κ2) is 61.6. The number of carbonyl (C=O) groups excluding carboxylic acids is 4. The van der Waals surface area contributed by atoms with E-state index in [1.165, 1.54) is 154 Å². The Morgan fingerprint density at radius 2 is 0.529 bits per heavy atom. The molecule has 516 valence electrons. The minimum absolute atomic E-state index is 0.105. The highest BCUT2D eigenvalue weighted by Gasteiger charge is 2.30. The molecular weight excluding hydrogens is 1150 g/mol. The lowest BCUT2D eigenvalue weighted by Gasteiger charge is -2.21. The first-order chi connectivity index (χ1) is 42.0. The smallest absolute Gasteiger partial charge is 0.462 e. The maximum Gasteiger partial charge on any atom is 0.472 e. The predicted octanol–water partition coefficient (Wildman–Crippen LogP) is 19.4. The van der Waals surface area contributed by atoms with Crippen molar-refractivity contribution in [1.82, 2.24) is 0 Å². The van der Waals surface area contributed by atoms with Crippen molar-refractivity contribution in [3.05, 3.63) is 0 Å². The van der Waals surface area contributed by atoms with Gasteiger partial charge in [-0.2, -0.15) is 0 Å². The van der Waals surface area contributed by atoms with Crippen molar-refractivity contribution >= 4 is 39.5 Å². The molecule has 0 aromatic heterocycles. The van der Waals surface area contributed by atoms with Crippen molar-refractivity contribution in [2.24, 2.45) is 5.92 Å². The van der Waals surface area contributed by atoms with Gasteiger partial charge in [0.2, 0.25) is 0 Å². The number of aliphatic hydroxyl groups excluding tert-OH is 1. The fourth-order valence-corrected chi connectivity index (χ4v) is 11.9. The molecule has 0 amide bonds. The highest BCUT2D eigenvalue weighted by molar-refractivity contribution is 7.47. The molecule has 87 heavy (non-hydrogen) atoms. The molecule has 2 unspecified atom stereocenters. The van der Waals surface area contributed by atoms with Gasteiger partial charge in [-0.1, -0.05) is 298 Å². The molecule has 0 aromatic rings. The van der Waals surface area contributed by atoms with Crippen LogP contribution in [0.1, 0.15) is 349 Å². The summed E-state index contributed by atoms with van der Waals surface area (Å²) in [6.45, 7) is 7.19. The van der Waals surface area contributed by atoms with Gasteiger partial charge in [-0.15, -0.1) is 0 Å². The molecule has 0 aromatic carbocycles. The summed E-state index contributed by atoms with van der Waals surface area (Å²) in [7, 11) is -9.88. The van der Waals surface area contributed by atoms with Crippen LogP contribution < -0.4 is 0 Å². The molecule has 0 aliphatic carbocycles. The van der Waals surface area contributed by atoms with E-state index in [0.717, 1.165) is 115 Å². The van der Waals surface area contributed by atoms with Crippen molar-refractivity contribution < 1.29 is 80.2 Å². The number of hydrogen-bond donors (Lipinski definition) is 3. The van der Waals surface area contributed by atoms with Gasteiger partial charge in [0.15, 0.2) is 12.2 Å². The van der Waals surface area contributed by atoms with Gasteiger partial charge < -0.3 is 33.8 Å². The molecule has 0 rings (SSSR count). The van der Waals surface area contributed by atoms with Gasteiger partial charge in [-0.3, -0.25) is 37.3 Å². The number of phosphoric ester groups is 2. The second-order valence-corrected chi connectivity index (χ2v) is 27.9. The standard InChI is InChI=1S/C68H132O17P2/c1-6-9-12-15-18-20-21-26-30-33-38-42-47-52-66(71)79-58-64(85-68(73)54-49-44-39-34-31-28-25-23-22-24-27-29-32-36-40-45-50-61(4)5)60-83-87(76,77)81-56-62(69)55-80-86(74,75)82-59-63(57-78-65(70)51-46-41-35-17-14-11-8-3)84-67(72)53-48-43-37-19-16-13-10-7-2/h61-64,69H,6-60H2,1-5H3,(H,74,75)(H,76,77)/t62-,63+,64+/m0/s1. The molecule has 17 nitrogen and oxygen atoms in total. The van der Waals surface area contributed by atoms with Gasteiger partial charge in [0, 0.05) is 25.7 Å². The van der Waals surface area contributed by atoms with E-state index in [9.17, 15) is 43.2 Å². The molecular formula is C68H132O17P2. The SMILES string of the molecule is CCCCCCCCCCCCCCCC(=O)OC[C@H](COP(=O)(O)OC[C@@H](O)COP(=O)(O)OC[C@@H](COC(=O)CCCCCCCCC)OC(=O)CCCCCCCCCC)OC(=O)CCCCCCCCCCCCCCCCCCC(C)C. The lowest BCUT2D eigenvalue weighted by Crippen LogP contribution is -2.30. The summed E-state index contributed by atoms with van der Waals surface area (Å²) in [5.74, 6) is -1.32. The number of aliphatic hydroxyl groups is 1. The van der Waals surface area contributed by atoms with Gasteiger partial charge in [0.1, 0.15) is 19.3 Å². The Morgan fingerprint density at radius 1 is 0.310 bits per heavy atom. The average Bonchev–Trinajstić information content (AvgIpc) is 3.71. The second-order valence-electron chi connectivity index (χ2n) is 25.0. The Labute approximate surface area is 530 Å². The zero-order chi connectivity index (χ0) is 64.2. The molecule has 0 aliphatic heterocycles. The molecule has 0 saturated carbocycles. The Balaban J connectivity index is 5.15. The van der Waals surface area contributed by atoms with Crippen LogP contribution in [-0.2, 0) is 65.4 Å². The lowest BCUT2D eigenvalue weighted by atomic mass is 10.0. The Hall–Kier alpha value is -1.94. The van der Waals surface area contributed by atoms with Crippen molar-refractivity contribution in [2.75, 3.05) is 39.6 Å². The third-order valence-electron chi connectivity index (χ3n) is 15.8. The van der Waals surface area contributed by atoms with Crippen molar-refractivity contribution in [3.63, 3.8) is 0 Å². The largest absolute Gasteiger partial charge is 0.472 e. The summed E-state index contributed by atoms with van der Waals surface area (Å²) in [6, 6.07) is 0. The summed E-state index contributed by atoms with van der Waals surface area (Å²) in [5.41, 5.74) is 0. The highest BCUT2D eigenvalue weighted by atomic mass is 31.2. The quantitative estimate of drug-likeness (QED) is 0.0222. The van der Waals surface area contributed by atoms with E-state index in [2.05, 4.69) is 34.6 Å². The third kappa shape index (κ3) is 62.6. The van der Waals surface area contributed by atoms with Crippen LogP contribution >= 0.6 is 15.6 Å². The summed E-state index contributed by atoms with van der Waals surface area (Å²) in [6.07, 6.45) is 47.4. The van der Waals surface area contributed by atoms with E-state index in [-0.39, 0.29) is 25.7 Å². The lowest BCUT2D eigenvalue weighted by molar-refractivity contribution is -0.161. The topological polar surface area (TPSA) is 237 Å². The first-order valence-corrected chi connectivity index (χ1v) is 38.6. The van der Waals surface area contributed by atoms with E-state index in [0.29, 0.717) is 25.7 Å². The maximum atomic E-state index is 13.0. The van der Waals surface area contributed by atoms with Crippen LogP contribution in [0.25, 0.3) is 0 Å². The van der Waals surface area contributed by atoms with Crippen LogP contribution in [0.4, 0.5) is 0 Å². The van der Waals surface area contributed by atoms with Crippen LogP contribution in [0, 0.1) is 5.92 Å². The maximum absolute atomic E-state index is 13.0. The fraction of sp³-hybridized carbons (Fsp3) is 0.941. The minimum Gasteiger partial charge on any atom is -0.462 e. The molecule has 3 N–H and O–H groups in total. The molecule has 0 bridgehead atoms. The Morgan fingerprint density at radius 3 is 0.782 bits per heavy atom. The average molecular weight is 1280 g/mol. The summed E-state index contributed by atoms with van der Waals surface area (Å²) >= 11 is 0. The monoisotopic (exact) mass is 1280 g/mol. The van der Waals surface area contributed by atoms with Crippen LogP contribution in [0.5, 0.6) is 0 Å². The Bertz CT molecular complexity index is 1690. The molecule has 0 heterocycles. The summed E-state index contributed by atoms with van der Waals surface area (Å²) in [4.78, 5) is 72.2. The number of phosphoric acid groups is 2. The number of hydrogen-bond acceptors (Lipinski definition) is 15. The first kappa shape index (κ1) is 85.1. The molecule has 5 atom stereocenters. The number of rotatable bonds is 68. The van der Waals surface area contributed by atoms with E-state index in [4.69, 9.17) is 37.0 Å². The zero-order valence-corrected chi connectivity index (χ0v) is 57.9. The van der Waals surface area contributed by atoms with Crippen LogP contribution in [0.2, 0.25) is 0 Å². The summed E-state index contributed by atoms with van der Waals surface area (Å²) in [5, 5.41) is 10.5. The van der Waals surface area contributed by atoms with Gasteiger partial charge in [-0.05, 0) is 31.6 Å². The van der Waals surface area contributed by atoms with E-state index < -0.39 is 97.5 Å². The first-order valence-electron chi connectivity index (χ1n) is 35.6. The van der Waals surface area contributed by atoms with Crippen molar-refractivity contribution in [2.45, 2.75) is 368 Å². The molecule has 0 spiro atoms. The number of unbranched alkanes of at least 4 members (excludes halogenated alkanes) is 40. The molecule has 0 radical (unpaired) electrons. The van der Waals surface area contributed by atoms with Gasteiger partial charge in [0.05, 0.1) is 26.4 Å². The van der Waals surface area contributed by atoms with Crippen LogP contribution in [-0.4, -0.2) is 96.7 Å². The van der Waals surface area contributed by atoms with Crippen molar-refractivity contribution in [1.29, 1.82) is 0 Å². The summed E-state index contributed by atoms with van der Waals surface area (Å²) < 4.78 is 68.0. The van der Waals surface area contributed by atoms with Gasteiger partial charge in [0.25, 0.3) is 0 Å². The highest BCUT2D eigenvalue weighted by Crippen LogP contribution is 2.45. The number of esters is 4. The number of carbonyl (C=O) groups is 4. The molecule has 0 fully saturated rings. The van der Waals surface area contributed by atoms with E-state index >= 15 is 0 Å². The number of ether oxygens (including phenoxy) is 4. The van der Waals surface area contributed by atoms with Crippen LogP contribution in [0.15, 0.2) is 0 Å². The minimum atomic E-state index is -4.95. The molecule has 0 saturated heterocycles. The van der Waals surface area contributed by atoms with E-state index in [1.54, 1.807) is 0 Å². The van der Waals surface area contributed by atoms with E-state index in [1.807, 2.05) is 0 Å². The zero-order valence-electron chi connectivity index (χ0n) is 56.2. The van der Waals surface area contributed by atoms with Gasteiger partial charge >= 0.3 is 39.5 Å². The Kier molecular flexibility index (Phi) is 60.2. The molecule has 19 heteroatoms. The molecule has 0 aliphatic rings. The third-order valence-corrected chi connectivity index (χ3v) is 17.7.